The zero-order valence-electron chi connectivity index (χ0n) is 13.7. The van der Waals surface area contributed by atoms with Crippen LogP contribution in [0.25, 0.3) is 9.96 Å². The number of hydrogen-bond acceptors (Lipinski definition) is 0. The fourth-order valence-electron chi connectivity index (χ4n) is 2.44. The maximum atomic E-state index is 5.10. The van der Waals surface area contributed by atoms with Crippen molar-refractivity contribution in [2.24, 2.45) is 0 Å². The van der Waals surface area contributed by atoms with E-state index in [1.54, 1.807) is 0 Å². The van der Waals surface area contributed by atoms with E-state index in [9.17, 15) is 0 Å². The average molecular weight is 304 g/mol. The second kappa shape index (κ2) is 8.21. The van der Waals surface area contributed by atoms with Gasteiger partial charge in [-0.1, -0.05) is 66.5 Å². The van der Waals surface area contributed by atoms with Gasteiger partial charge < -0.3 is 24.8 Å². The number of rotatable bonds is 2. The molecule has 0 saturated carbocycles. The summed E-state index contributed by atoms with van der Waals surface area (Å²) in [6, 6.07) is 2.56. The molecule has 18 heavy (non-hydrogen) atoms. The maximum absolute atomic E-state index is 5.10. The molecule has 1 rings (SSSR count). The average Bonchev–Trinajstić information content (AvgIpc) is 2.27. The smallest absolute Gasteiger partial charge is 0.675 e. The van der Waals surface area contributed by atoms with Gasteiger partial charge in [0.15, 0.2) is 0 Å². The van der Waals surface area contributed by atoms with Gasteiger partial charge in [-0.3, -0.25) is 0 Å². The first kappa shape index (κ1) is 23.9. The quantitative estimate of drug-likeness (QED) is 0.478. The van der Waals surface area contributed by atoms with E-state index in [-0.39, 0.29) is 47.6 Å². The summed E-state index contributed by atoms with van der Waals surface area (Å²) in [6.07, 6.45) is 2.68. The van der Waals surface area contributed by atoms with Crippen molar-refractivity contribution >= 4 is 8.40 Å². The Morgan fingerprint density at radius 2 is 1.00 bits per heavy atom. The summed E-state index contributed by atoms with van der Waals surface area (Å²) < 4.78 is 0. The molecular formula is C14H32N2SiTi. The second-order valence-corrected chi connectivity index (χ2v) is 10.2. The molecule has 4 heteroatoms. The Morgan fingerprint density at radius 1 is 0.722 bits per heavy atom. The van der Waals surface area contributed by atoms with E-state index in [0.29, 0.717) is 0 Å². The zero-order chi connectivity index (χ0) is 11.7. The predicted octanol–water partition coefficient (Wildman–Crippen LogP) is 5.46. The van der Waals surface area contributed by atoms with E-state index in [1.165, 1.54) is 24.9 Å². The van der Waals surface area contributed by atoms with E-state index in [2.05, 4.69) is 41.5 Å². The van der Waals surface area contributed by atoms with Gasteiger partial charge in [-0.05, 0) is 0 Å². The van der Waals surface area contributed by atoms with Crippen molar-refractivity contribution in [3.63, 3.8) is 0 Å². The summed E-state index contributed by atoms with van der Waals surface area (Å²) in [6.45, 7) is 13.2. The van der Waals surface area contributed by atoms with Crippen LogP contribution in [0, 0.1) is 14.9 Å². The van der Waals surface area contributed by atoms with Gasteiger partial charge in [-0.25, -0.2) is 0 Å². The predicted molar refractivity (Wildman–Crippen MR) is 83.7 cm³/mol. The first-order valence-corrected chi connectivity index (χ1v) is 8.41. The Balaban J connectivity index is -0.000000750. The van der Waals surface area contributed by atoms with Gasteiger partial charge >= 0.3 is 21.7 Å². The third-order valence-corrected chi connectivity index (χ3v) is 6.97. The molecule has 0 aliphatic carbocycles. The Bertz CT molecular complexity index is 195. The third-order valence-electron chi connectivity index (χ3n) is 2.49. The maximum Gasteiger partial charge on any atom is 4.00 e. The molecule has 1 aliphatic rings. The molecule has 0 aromatic rings. The fraction of sp³-hybridized carbons (Fsp3) is 0.857. The van der Waals surface area contributed by atoms with Gasteiger partial charge in [0.05, 0.1) is 0 Å². The van der Waals surface area contributed by atoms with Crippen LogP contribution in [0.2, 0.25) is 12.1 Å². The minimum atomic E-state index is -1.65. The molecule has 0 radical (unpaired) electrons. The van der Waals surface area contributed by atoms with Gasteiger partial charge in [0.1, 0.15) is 0 Å². The largest absolute Gasteiger partial charge is 4.00 e. The van der Waals surface area contributed by atoms with Crippen molar-refractivity contribution < 1.29 is 21.7 Å². The molecule has 1 saturated heterocycles. The van der Waals surface area contributed by atoms with Crippen LogP contribution < -0.4 is 0 Å². The van der Waals surface area contributed by atoms with Gasteiger partial charge in [0.25, 0.3) is 0 Å². The molecule has 0 aromatic carbocycles. The van der Waals surface area contributed by atoms with Crippen LogP contribution in [0.4, 0.5) is 0 Å². The molecule has 106 valence electrons. The molecule has 2 nitrogen and oxygen atoms in total. The Labute approximate surface area is 132 Å². The molecule has 0 amide bonds. The SMILES string of the molecule is CC(C)(C)[N-][Si]1([N-]C(C)(C)C)CCCC1.[CH3-].[CH3-].[Ti+4]. The summed E-state index contributed by atoms with van der Waals surface area (Å²) in [5, 5.41) is 0. The molecule has 0 aromatic heterocycles. The van der Waals surface area contributed by atoms with E-state index in [1.807, 2.05) is 0 Å². The van der Waals surface area contributed by atoms with Gasteiger partial charge in [-0.2, -0.15) is 8.40 Å². The fourth-order valence-corrected chi connectivity index (χ4v) is 7.32. The van der Waals surface area contributed by atoms with E-state index >= 15 is 0 Å². The van der Waals surface area contributed by atoms with Crippen LogP contribution in [0.1, 0.15) is 54.4 Å². The molecule has 0 spiro atoms. The summed E-state index contributed by atoms with van der Waals surface area (Å²) in [5.74, 6) is 0. The van der Waals surface area contributed by atoms with Crippen molar-refractivity contribution in [2.75, 3.05) is 0 Å². The van der Waals surface area contributed by atoms with E-state index in [4.69, 9.17) is 9.96 Å². The van der Waals surface area contributed by atoms with Gasteiger partial charge in [0, 0.05) is 0 Å². The Morgan fingerprint density at radius 3 is 1.22 bits per heavy atom. The van der Waals surface area contributed by atoms with Crippen molar-refractivity contribution in [1.82, 2.24) is 0 Å². The molecule has 0 unspecified atom stereocenters. The van der Waals surface area contributed by atoms with Crippen LogP contribution >= 0.6 is 0 Å². The monoisotopic (exact) mass is 304 g/mol. The van der Waals surface area contributed by atoms with Crippen molar-refractivity contribution in [3.8, 4) is 0 Å². The van der Waals surface area contributed by atoms with Gasteiger partial charge in [-0.15, -0.1) is 11.1 Å². The minimum absolute atomic E-state index is 0. The van der Waals surface area contributed by atoms with Crippen molar-refractivity contribution in [3.05, 3.63) is 24.8 Å². The Hall–Kier alpha value is 0.851. The molecule has 1 aliphatic heterocycles. The summed E-state index contributed by atoms with van der Waals surface area (Å²) in [7, 11) is -1.65. The van der Waals surface area contributed by atoms with Crippen LogP contribution in [0.5, 0.6) is 0 Å². The standard InChI is InChI=1S/C12H26N2Si.2CH3.Ti/c1-11(2,3)13-15(9-7-8-10-15)14-12(4,5)6;;;/h7-10H2,1-6H3;2*1H3;/q-2;2*-1;+4. The normalized spacial score (nSPS) is 18.3. The minimum Gasteiger partial charge on any atom is -0.675 e. The van der Waals surface area contributed by atoms with Crippen molar-refractivity contribution in [2.45, 2.75) is 77.6 Å². The van der Waals surface area contributed by atoms with Crippen LogP contribution in [-0.2, 0) is 21.7 Å². The first-order chi connectivity index (χ1) is 6.62. The Kier molecular flexibility index (Phi) is 10.9. The first-order valence-electron chi connectivity index (χ1n) is 6.10. The molecule has 0 atom stereocenters. The second-order valence-electron chi connectivity index (χ2n) is 6.75. The zero-order valence-corrected chi connectivity index (χ0v) is 16.3. The topological polar surface area (TPSA) is 28.2 Å². The van der Waals surface area contributed by atoms with Crippen molar-refractivity contribution in [1.29, 1.82) is 0 Å². The van der Waals surface area contributed by atoms with Gasteiger partial charge in [0.2, 0.25) is 0 Å². The summed E-state index contributed by atoms with van der Waals surface area (Å²) in [5.41, 5.74) is 0.177. The summed E-state index contributed by atoms with van der Waals surface area (Å²) in [4.78, 5) is 10.2. The van der Waals surface area contributed by atoms with Crippen LogP contribution in [0.3, 0.4) is 0 Å². The molecule has 0 bridgehead atoms. The molecule has 1 heterocycles. The van der Waals surface area contributed by atoms with E-state index < -0.39 is 8.40 Å². The number of hydrogen-bond donors (Lipinski definition) is 0. The molecule has 0 N–H and O–H groups in total. The van der Waals surface area contributed by atoms with Crippen LogP contribution in [-0.4, -0.2) is 19.5 Å². The summed E-state index contributed by atoms with van der Waals surface area (Å²) >= 11 is 0. The molecule has 1 fully saturated rings. The van der Waals surface area contributed by atoms with E-state index in [0.717, 1.165) is 0 Å². The molecular weight excluding hydrogens is 272 g/mol. The third kappa shape index (κ3) is 8.87. The van der Waals surface area contributed by atoms with Crippen LogP contribution in [0.15, 0.2) is 0 Å². The number of nitrogens with zero attached hydrogens (tertiary/aromatic N) is 2.